The van der Waals surface area contributed by atoms with Crippen LogP contribution < -0.4 is 5.32 Å². The first kappa shape index (κ1) is 20.7. The quantitative estimate of drug-likeness (QED) is 0.534. The van der Waals surface area contributed by atoms with Gasteiger partial charge in [-0.1, -0.05) is 18.6 Å². The molecule has 2 heterocycles. The Morgan fingerprint density at radius 3 is 2.67 bits per heavy atom. The van der Waals surface area contributed by atoms with E-state index in [0.717, 1.165) is 23.5 Å². The van der Waals surface area contributed by atoms with Gasteiger partial charge >= 0.3 is 0 Å². The van der Waals surface area contributed by atoms with E-state index in [4.69, 9.17) is 0 Å². The maximum atomic E-state index is 12.7. The summed E-state index contributed by atoms with van der Waals surface area (Å²) in [4.78, 5) is 20.5. The van der Waals surface area contributed by atoms with E-state index < -0.39 is 0 Å². The first-order chi connectivity index (χ1) is 14.8. The first-order valence-corrected chi connectivity index (χ1v) is 11.6. The number of thioether (sulfide) groups is 1. The summed E-state index contributed by atoms with van der Waals surface area (Å²) in [5.74, 6) is 1.02. The number of anilines is 1. The number of benzene rings is 2. The highest BCUT2D eigenvalue weighted by molar-refractivity contribution is 7.99. The molecule has 3 aromatic rings. The van der Waals surface area contributed by atoms with Crippen LogP contribution in [0.15, 0.2) is 72.1 Å². The van der Waals surface area contributed by atoms with Crippen LogP contribution in [0.3, 0.4) is 0 Å². The van der Waals surface area contributed by atoms with Crippen molar-refractivity contribution in [3.05, 3.63) is 78.4 Å². The van der Waals surface area contributed by atoms with Crippen LogP contribution in [-0.2, 0) is 6.54 Å². The maximum Gasteiger partial charge on any atom is 0.255 e. The van der Waals surface area contributed by atoms with Gasteiger partial charge in [0.25, 0.3) is 5.91 Å². The van der Waals surface area contributed by atoms with Gasteiger partial charge in [-0.05, 0) is 67.9 Å². The Balaban J connectivity index is 1.28. The molecule has 2 aromatic carbocycles. The van der Waals surface area contributed by atoms with Crippen molar-refractivity contribution >= 4 is 23.4 Å². The van der Waals surface area contributed by atoms with E-state index in [-0.39, 0.29) is 5.91 Å². The van der Waals surface area contributed by atoms with Gasteiger partial charge in [0.05, 0.1) is 6.33 Å². The molecule has 1 aromatic heterocycles. The molecule has 0 radical (unpaired) electrons. The molecule has 1 fully saturated rings. The number of rotatable bonds is 8. The molecule has 0 bridgehead atoms. The lowest BCUT2D eigenvalue weighted by Gasteiger charge is -2.26. The third-order valence-electron chi connectivity index (χ3n) is 5.35. The molecule has 0 atom stereocenters. The van der Waals surface area contributed by atoms with Crippen LogP contribution >= 0.6 is 11.8 Å². The molecule has 0 spiro atoms. The fourth-order valence-corrected chi connectivity index (χ4v) is 4.63. The molecule has 156 valence electrons. The van der Waals surface area contributed by atoms with Crippen LogP contribution in [0.1, 0.15) is 35.2 Å². The number of likely N-dealkylation sites (tertiary alicyclic amines) is 1. The second kappa shape index (κ2) is 10.5. The first-order valence-electron chi connectivity index (χ1n) is 10.6. The second-order valence-electron chi connectivity index (χ2n) is 7.66. The molecule has 1 aliphatic rings. The van der Waals surface area contributed by atoms with Crippen molar-refractivity contribution in [1.82, 2.24) is 14.5 Å². The van der Waals surface area contributed by atoms with Gasteiger partial charge < -0.3 is 14.8 Å². The van der Waals surface area contributed by atoms with Gasteiger partial charge in [-0.3, -0.25) is 4.79 Å². The van der Waals surface area contributed by atoms with Crippen molar-refractivity contribution in [2.75, 3.05) is 30.7 Å². The molecule has 0 aliphatic carbocycles. The Kier molecular flexibility index (Phi) is 7.21. The molecule has 30 heavy (non-hydrogen) atoms. The fraction of sp³-hybridized carbons (Fsp3) is 0.333. The monoisotopic (exact) mass is 420 g/mol. The zero-order valence-electron chi connectivity index (χ0n) is 17.2. The van der Waals surface area contributed by atoms with Gasteiger partial charge in [-0.15, -0.1) is 11.8 Å². The highest BCUT2D eigenvalue weighted by Gasteiger charge is 2.10. The number of imidazole rings is 1. The van der Waals surface area contributed by atoms with Gasteiger partial charge in [0.2, 0.25) is 0 Å². The van der Waals surface area contributed by atoms with E-state index in [2.05, 4.69) is 27.3 Å². The third-order valence-corrected chi connectivity index (χ3v) is 6.34. The van der Waals surface area contributed by atoms with Crippen LogP contribution in [0.4, 0.5) is 5.69 Å². The molecule has 6 heteroatoms. The van der Waals surface area contributed by atoms with Gasteiger partial charge in [0, 0.05) is 47.4 Å². The van der Waals surface area contributed by atoms with Gasteiger partial charge in [-0.2, -0.15) is 0 Å². The summed E-state index contributed by atoms with van der Waals surface area (Å²) in [7, 11) is 0. The van der Waals surface area contributed by atoms with E-state index in [1.165, 1.54) is 37.2 Å². The summed E-state index contributed by atoms with van der Waals surface area (Å²) in [5, 5.41) is 3.00. The van der Waals surface area contributed by atoms with Crippen molar-refractivity contribution < 1.29 is 4.79 Å². The van der Waals surface area contributed by atoms with Gasteiger partial charge in [-0.25, -0.2) is 4.98 Å². The third kappa shape index (κ3) is 5.97. The average molecular weight is 421 g/mol. The molecule has 1 saturated heterocycles. The van der Waals surface area contributed by atoms with Crippen LogP contribution in [0.25, 0.3) is 0 Å². The summed E-state index contributed by atoms with van der Waals surface area (Å²) in [6.07, 6.45) is 9.51. The average Bonchev–Trinajstić information content (AvgIpc) is 3.29. The van der Waals surface area contributed by atoms with Gasteiger partial charge in [0.1, 0.15) is 0 Å². The smallest absolute Gasteiger partial charge is 0.255 e. The van der Waals surface area contributed by atoms with E-state index in [0.29, 0.717) is 12.1 Å². The highest BCUT2D eigenvalue weighted by Crippen LogP contribution is 2.21. The lowest BCUT2D eigenvalue weighted by Crippen LogP contribution is -2.31. The fourth-order valence-electron chi connectivity index (χ4n) is 3.72. The van der Waals surface area contributed by atoms with Crippen molar-refractivity contribution in [1.29, 1.82) is 0 Å². The van der Waals surface area contributed by atoms with Gasteiger partial charge in [0.15, 0.2) is 0 Å². The number of nitrogens with zero attached hydrogens (tertiary/aromatic N) is 3. The predicted molar refractivity (Wildman–Crippen MR) is 123 cm³/mol. The number of nitrogens with one attached hydrogen (secondary N) is 1. The van der Waals surface area contributed by atoms with E-state index in [1.807, 2.05) is 58.9 Å². The second-order valence-corrected chi connectivity index (χ2v) is 8.83. The minimum Gasteiger partial charge on any atom is -0.333 e. The molecule has 0 saturated carbocycles. The van der Waals surface area contributed by atoms with Crippen LogP contribution in [0.2, 0.25) is 0 Å². The molecular weight excluding hydrogens is 392 g/mol. The lowest BCUT2D eigenvalue weighted by atomic mass is 10.1. The minimum absolute atomic E-state index is 0.0898. The van der Waals surface area contributed by atoms with Crippen LogP contribution in [0.5, 0.6) is 0 Å². The Labute approximate surface area is 182 Å². The Hall–Kier alpha value is -2.57. The van der Waals surface area contributed by atoms with E-state index >= 15 is 0 Å². The van der Waals surface area contributed by atoms with Crippen LogP contribution in [0, 0.1) is 0 Å². The molecule has 1 N–H and O–H groups in total. The zero-order valence-corrected chi connectivity index (χ0v) is 18.0. The number of aromatic nitrogens is 2. The highest BCUT2D eigenvalue weighted by atomic mass is 32.2. The normalized spacial score (nSPS) is 14.5. The number of carbonyl (C=O) groups excluding carboxylic acids is 1. The van der Waals surface area contributed by atoms with Crippen molar-refractivity contribution in [3.63, 3.8) is 0 Å². The zero-order chi connectivity index (χ0) is 20.6. The summed E-state index contributed by atoms with van der Waals surface area (Å²) < 4.78 is 1.98. The summed E-state index contributed by atoms with van der Waals surface area (Å²) >= 11 is 1.88. The largest absolute Gasteiger partial charge is 0.333 e. The standard InChI is InChI=1S/C24H28N4OS/c29-24(21-6-4-5-20(17-21)18-28-14-11-25-19-28)26-22-7-9-23(10-8-22)30-16-15-27-12-2-1-3-13-27/h4-11,14,17,19H,1-3,12-13,15-16,18H2,(H,26,29). The van der Waals surface area contributed by atoms with Crippen molar-refractivity contribution in [2.45, 2.75) is 30.7 Å². The van der Waals surface area contributed by atoms with Crippen LogP contribution in [-0.4, -0.2) is 45.7 Å². The van der Waals surface area contributed by atoms with E-state index in [9.17, 15) is 4.79 Å². The Morgan fingerprint density at radius 1 is 1.07 bits per heavy atom. The molecule has 1 aliphatic heterocycles. The summed E-state index contributed by atoms with van der Waals surface area (Å²) in [5.41, 5.74) is 2.55. The van der Waals surface area contributed by atoms with E-state index in [1.54, 1.807) is 12.5 Å². The topological polar surface area (TPSA) is 50.2 Å². The summed E-state index contributed by atoms with van der Waals surface area (Å²) in [6, 6.07) is 15.9. The Morgan fingerprint density at radius 2 is 1.90 bits per heavy atom. The maximum absolute atomic E-state index is 12.7. The number of piperidine rings is 1. The number of hydrogen-bond donors (Lipinski definition) is 1. The van der Waals surface area contributed by atoms with Crippen molar-refractivity contribution in [3.8, 4) is 0 Å². The molecule has 5 nitrogen and oxygen atoms in total. The molecule has 4 rings (SSSR count). The molecule has 0 unspecified atom stereocenters. The number of hydrogen-bond acceptors (Lipinski definition) is 4. The number of amides is 1. The molecule has 1 amide bonds. The lowest BCUT2D eigenvalue weighted by molar-refractivity contribution is 0.102. The number of carbonyl (C=O) groups is 1. The molecular formula is C24H28N4OS. The predicted octanol–water partition coefficient (Wildman–Crippen LogP) is 4.76. The SMILES string of the molecule is O=C(Nc1ccc(SCCN2CCCCC2)cc1)c1cccc(Cn2ccnc2)c1. The minimum atomic E-state index is -0.0898. The Bertz CT molecular complexity index is 934. The van der Waals surface area contributed by atoms with Crippen molar-refractivity contribution in [2.24, 2.45) is 0 Å². The summed E-state index contributed by atoms with van der Waals surface area (Å²) in [6.45, 7) is 4.34.